The topological polar surface area (TPSA) is 55.3 Å². The molecule has 1 atom stereocenters. The number of fused-ring (bicyclic) bond motifs is 1. The Labute approximate surface area is 156 Å². The minimum Gasteiger partial charge on any atom is -0.479 e. The lowest BCUT2D eigenvalue weighted by atomic mass is 10.1. The molecular weight excluding hydrogens is 346 g/mol. The van der Waals surface area contributed by atoms with Crippen molar-refractivity contribution in [1.82, 2.24) is 9.97 Å². The molecule has 1 aromatic carbocycles. The second kappa shape index (κ2) is 6.88. The highest BCUT2D eigenvalue weighted by Gasteiger charge is 2.31. The summed E-state index contributed by atoms with van der Waals surface area (Å²) in [5.74, 6) is 0.749. The third kappa shape index (κ3) is 2.97. The minimum atomic E-state index is -0.449. The number of hydrogen-bond acceptors (Lipinski definition) is 5. The SMILES string of the molecule is CCCN1C(=O)C(C)Oc2ccc(-c3csc(-c4ccccn4)n3)cc21. The van der Waals surface area contributed by atoms with Gasteiger partial charge in [0.15, 0.2) is 6.10 Å². The number of benzene rings is 1. The van der Waals surface area contributed by atoms with Gasteiger partial charge in [-0.1, -0.05) is 13.0 Å². The molecule has 3 aromatic rings. The van der Waals surface area contributed by atoms with Crippen LogP contribution in [-0.4, -0.2) is 28.5 Å². The van der Waals surface area contributed by atoms with Crippen LogP contribution in [0.15, 0.2) is 48.0 Å². The van der Waals surface area contributed by atoms with Crippen LogP contribution in [0.2, 0.25) is 0 Å². The van der Waals surface area contributed by atoms with Crippen LogP contribution in [0.1, 0.15) is 20.3 Å². The molecule has 26 heavy (non-hydrogen) atoms. The Bertz CT molecular complexity index is 939. The predicted molar refractivity (Wildman–Crippen MR) is 104 cm³/mol. The fraction of sp³-hybridized carbons (Fsp3) is 0.250. The van der Waals surface area contributed by atoms with Crippen LogP contribution in [0.5, 0.6) is 5.75 Å². The Balaban J connectivity index is 1.71. The summed E-state index contributed by atoms with van der Waals surface area (Å²) in [6, 6.07) is 11.7. The van der Waals surface area contributed by atoms with Crippen molar-refractivity contribution in [3.05, 3.63) is 48.0 Å². The fourth-order valence-corrected chi connectivity index (χ4v) is 3.84. The second-order valence-corrected chi connectivity index (χ2v) is 7.04. The molecule has 1 aliphatic rings. The third-order valence-corrected chi connectivity index (χ3v) is 5.16. The van der Waals surface area contributed by atoms with Gasteiger partial charge in [0, 0.05) is 23.7 Å². The quantitative estimate of drug-likeness (QED) is 0.688. The number of pyridine rings is 1. The van der Waals surface area contributed by atoms with Crippen molar-refractivity contribution in [3.8, 4) is 27.7 Å². The van der Waals surface area contributed by atoms with Gasteiger partial charge in [-0.15, -0.1) is 11.3 Å². The van der Waals surface area contributed by atoms with E-state index in [2.05, 4.69) is 11.9 Å². The largest absolute Gasteiger partial charge is 0.479 e. The molecule has 132 valence electrons. The van der Waals surface area contributed by atoms with Crippen LogP contribution in [0, 0.1) is 0 Å². The number of aromatic nitrogens is 2. The molecule has 3 heterocycles. The standard InChI is InChI=1S/C20H19N3O2S/c1-3-10-23-17-11-14(7-8-18(17)25-13(2)20(23)24)16-12-26-19(22-16)15-6-4-5-9-21-15/h4-9,11-13H,3,10H2,1-2H3. The van der Waals surface area contributed by atoms with Crippen LogP contribution in [0.25, 0.3) is 22.0 Å². The summed E-state index contributed by atoms with van der Waals surface area (Å²) in [7, 11) is 0. The van der Waals surface area contributed by atoms with Gasteiger partial charge >= 0.3 is 0 Å². The first-order valence-corrected chi connectivity index (χ1v) is 9.54. The average Bonchev–Trinajstić information content (AvgIpc) is 3.16. The first-order valence-electron chi connectivity index (χ1n) is 8.66. The Morgan fingerprint density at radius 1 is 1.23 bits per heavy atom. The van der Waals surface area contributed by atoms with Crippen molar-refractivity contribution in [2.75, 3.05) is 11.4 Å². The maximum atomic E-state index is 12.5. The van der Waals surface area contributed by atoms with E-state index in [1.54, 1.807) is 24.5 Å². The molecule has 0 bridgehead atoms. The molecule has 5 nitrogen and oxygen atoms in total. The van der Waals surface area contributed by atoms with Crippen molar-refractivity contribution in [2.24, 2.45) is 0 Å². The van der Waals surface area contributed by atoms with E-state index in [-0.39, 0.29) is 5.91 Å². The molecule has 0 radical (unpaired) electrons. The smallest absolute Gasteiger partial charge is 0.267 e. The molecule has 0 fully saturated rings. The van der Waals surface area contributed by atoms with E-state index in [1.165, 1.54) is 0 Å². The summed E-state index contributed by atoms with van der Waals surface area (Å²) in [5, 5.41) is 2.90. The van der Waals surface area contributed by atoms with Crippen molar-refractivity contribution in [3.63, 3.8) is 0 Å². The summed E-state index contributed by atoms with van der Waals surface area (Å²) < 4.78 is 5.77. The molecule has 0 spiro atoms. The summed E-state index contributed by atoms with van der Waals surface area (Å²) in [6.07, 6.45) is 2.21. The molecule has 4 rings (SSSR count). The average molecular weight is 365 g/mol. The molecule has 0 aliphatic carbocycles. The van der Waals surface area contributed by atoms with Gasteiger partial charge in [0.1, 0.15) is 10.8 Å². The molecule has 1 amide bonds. The lowest BCUT2D eigenvalue weighted by Crippen LogP contribution is -2.44. The number of amides is 1. The third-order valence-electron chi connectivity index (χ3n) is 4.30. The highest BCUT2D eigenvalue weighted by atomic mass is 32.1. The predicted octanol–water partition coefficient (Wildman–Crippen LogP) is 4.40. The zero-order chi connectivity index (χ0) is 18.1. The Morgan fingerprint density at radius 2 is 2.12 bits per heavy atom. The summed E-state index contributed by atoms with van der Waals surface area (Å²) in [6.45, 7) is 4.54. The minimum absolute atomic E-state index is 0.00366. The molecule has 1 aliphatic heterocycles. The molecule has 2 aromatic heterocycles. The van der Waals surface area contributed by atoms with E-state index in [4.69, 9.17) is 9.72 Å². The maximum absolute atomic E-state index is 12.5. The highest BCUT2D eigenvalue weighted by molar-refractivity contribution is 7.13. The summed E-state index contributed by atoms with van der Waals surface area (Å²) in [5.41, 5.74) is 3.52. The van der Waals surface area contributed by atoms with Gasteiger partial charge in [0.25, 0.3) is 5.91 Å². The molecule has 6 heteroatoms. The lowest BCUT2D eigenvalue weighted by molar-refractivity contribution is -0.125. The number of ether oxygens (including phenoxy) is 1. The van der Waals surface area contributed by atoms with Gasteiger partial charge < -0.3 is 9.64 Å². The van der Waals surface area contributed by atoms with E-state index in [0.717, 1.165) is 39.8 Å². The monoisotopic (exact) mass is 365 g/mol. The second-order valence-electron chi connectivity index (χ2n) is 6.19. The Morgan fingerprint density at radius 3 is 2.88 bits per heavy atom. The van der Waals surface area contributed by atoms with Crippen molar-refractivity contribution >= 4 is 22.9 Å². The Kier molecular flexibility index (Phi) is 4.42. The van der Waals surface area contributed by atoms with Crippen LogP contribution in [-0.2, 0) is 4.79 Å². The Hall–Kier alpha value is -2.73. The van der Waals surface area contributed by atoms with E-state index in [9.17, 15) is 4.79 Å². The van der Waals surface area contributed by atoms with Gasteiger partial charge in [-0.2, -0.15) is 0 Å². The number of rotatable bonds is 4. The van der Waals surface area contributed by atoms with Gasteiger partial charge in [0.05, 0.1) is 17.1 Å². The molecule has 1 unspecified atom stereocenters. The van der Waals surface area contributed by atoms with Gasteiger partial charge in [0.2, 0.25) is 0 Å². The number of carbonyl (C=O) groups excluding carboxylic acids is 1. The zero-order valence-electron chi connectivity index (χ0n) is 14.7. The highest BCUT2D eigenvalue weighted by Crippen LogP contribution is 2.38. The number of thiazole rings is 1. The first kappa shape index (κ1) is 16.7. The lowest BCUT2D eigenvalue weighted by Gasteiger charge is -2.33. The molecule has 0 saturated heterocycles. The first-order chi connectivity index (χ1) is 12.7. The van der Waals surface area contributed by atoms with Crippen LogP contribution in [0.3, 0.4) is 0 Å². The molecule has 0 N–H and O–H groups in total. The fourth-order valence-electron chi connectivity index (χ4n) is 3.03. The normalized spacial score (nSPS) is 16.3. The number of nitrogens with zero attached hydrogens (tertiary/aromatic N) is 3. The van der Waals surface area contributed by atoms with Crippen molar-refractivity contribution < 1.29 is 9.53 Å². The van der Waals surface area contributed by atoms with Gasteiger partial charge in [-0.05, 0) is 43.7 Å². The zero-order valence-corrected chi connectivity index (χ0v) is 15.5. The van der Waals surface area contributed by atoms with E-state index < -0.39 is 6.10 Å². The van der Waals surface area contributed by atoms with Crippen molar-refractivity contribution in [1.29, 1.82) is 0 Å². The van der Waals surface area contributed by atoms with E-state index in [0.29, 0.717) is 6.54 Å². The summed E-state index contributed by atoms with van der Waals surface area (Å²) >= 11 is 1.56. The van der Waals surface area contributed by atoms with Crippen LogP contribution in [0.4, 0.5) is 5.69 Å². The number of hydrogen-bond donors (Lipinski definition) is 0. The number of carbonyl (C=O) groups is 1. The molecule has 0 saturated carbocycles. The van der Waals surface area contributed by atoms with Gasteiger partial charge in [-0.25, -0.2) is 4.98 Å². The van der Waals surface area contributed by atoms with Crippen LogP contribution >= 0.6 is 11.3 Å². The van der Waals surface area contributed by atoms with E-state index >= 15 is 0 Å². The van der Waals surface area contributed by atoms with Crippen LogP contribution < -0.4 is 9.64 Å². The van der Waals surface area contributed by atoms with Gasteiger partial charge in [-0.3, -0.25) is 9.78 Å². The molecular formula is C20H19N3O2S. The van der Waals surface area contributed by atoms with Crippen molar-refractivity contribution in [2.45, 2.75) is 26.4 Å². The number of anilines is 1. The summed E-state index contributed by atoms with van der Waals surface area (Å²) in [4.78, 5) is 23.4. The van der Waals surface area contributed by atoms with E-state index in [1.807, 2.05) is 46.7 Å². The maximum Gasteiger partial charge on any atom is 0.267 e.